The Morgan fingerprint density at radius 2 is 1.79 bits per heavy atom. The zero-order valence-electron chi connectivity index (χ0n) is 21.7. The zero-order valence-corrected chi connectivity index (χ0v) is 21.7. The van der Waals surface area contributed by atoms with Crippen molar-refractivity contribution < 1.29 is 9.13 Å². The number of halogens is 1. The van der Waals surface area contributed by atoms with Gasteiger partial charge >= 0.3 is 6.01 Å². The van der Waals surface area contributed by atoms with Gasteiger partial charge in [-0.25, -0.2) is 4.39 Å². The van der Waals surface area contributed by atoms with Crippen LogP contribution in [0.4, 0.5) is 10.2 Å². The normalized spacial score (nSPS) is 22.5. The first-order chi connectivity index (χ1) is 18.6. The number of hydrogen-bond acceptors (Lipinski definition) is 7. The Bertz CT molecular complexity index is 1490. The van der Waals surface area contributed by atoms with Crippen LogP contribution >= 0.6 is 0 Å². The molecule has 2 N–H and O–H groups in total. The maximum absolute atomic E-state index is 16.3. The van der Waals surface area contributed by atoms with Gasteiger partial charge in [0.15, 0.2) is 5.82 Å². The van der Waals surface area contributed by atoms with Crippen LogP contribution in [-0.2, 0) is 0 Å². The van der Waals surface area contributed by atoms with Gasteiger partial charge in [-0.3, -0.25) is 9.88 Å². The highest BCUT2D eigenvalue weighted by Crippen LogP contribution is 2.40. The standard InChI is InChI=1S/C30H33FN6O/c1-32-20-15-21(16-20)34-28-24-17-33-26(23-10-4-8-19-7-2-3-9-22(19)23)25(31)27(24)35-29(36-28)38-18-30-11-5-13-37(30)14-6-12-30/h2-4,7-10,17,20-21,32H,5-6,11-16,18H2,1H3,(H,34,35,36)/t20-,21+. The molecule has 0 spiro atoms. The van der Waals surface area contributed by atoms with Gasteiger partial charge < -0.3 is 15.4 Å². The second kappa shape index (κ2) is 9.43. The Morgan fingerprint density at radius 1 is 1.00 bits per heavy atom. The molecule has 0 atom stereocenters. The fourth-order valence-electron chi connectivity index (χ4n) is 6.66. The second-order valence-corrected chi connectivity index (χ2v) is 11.1. The Morgan fingerprint density at radius 3 is 2.61 bits per heavy atom. The molecule has 4 aromatic rings. The van der Waals surface area contributed by atoms with E-state index in [1.54, 1.807) is 6.20 Å². The molecule has 38 heavy (non-hydrogen) atoms. The van der Waals surface area contributed by atoms with Gasteiger partial charge in [0.2, 0.25) is 0 Å². The molecule has 2 aromatic carbocycles. The summed E-state index contributed by atoms with van der Waals surface area (Å²) >= 11 is 0. The summed E-state index contributed by atoms with van der Waals surface area (Å²) in [5.74, 6) is 0.144. The maximum atomic E-state index is 16.3. The van der Waals surface area contributed by atoms with Crippen molar-refractivity contribution in [2.45, 2.75) is 56.1 Å². The number of hydrogen-bond donors (Lipinski definition) is 2. The van der Waals surface area contributed by atoms with E-state index in [4.69, 9.17) is 9.72 Å². The topological polar surface area (TPSA) is 75.2 Å². The SMILES string of the molecule is CN[C@H]1C[C@@H](Nc2nc(OCC34CCCN3CCC4)nc3c(F)c(-c4cccc5ccccc45)ncc23)C1. The van der Waals surface area contributed by atoms with Crippen molar-refractivity contribution in [1.29, 1.82) is 0 Å². The van der Waals surface area contributed by atoms with E-state index in [0.717, 1.165) is 55.1 Å². The number of benzene rings is 2. The summed E-state index contributed by atoms with van der Waals surface area (Å²) in [6.07, 6.45) is 8.31. The van der Waals surface area contributed by atoms with Crippen LogP contribution < -0.4 is 15.4 Å². The van der Waals surface area contributed by atoms with E-state index in [2.05, 4.69) is 25.5 Å². The predicted octanol–water partition coefficient (Wildman–Crippen LogP) is 5.15. The lowest BCUT2D eigenvalue weighted by molar-refractivity contribution is 0.108. The highest BCUT2D eigenvalue weighted by molar-refractivity contribution is 5.98. The average molecular weight is 513 g/mol. The number of fused-ring (bicyclic) bond motifs is 3. The molecule has 2 saturated heterocycles. The number of rotatable bonds is 7. The van der Waals surface area contributed by atoms with Crippen LogP contribution in [0.25, 0.3) is 32.9 Å². The van der Waals surface area contributed by atoms with Crippen molar-refractivity contribution in [3.8, 4) is 17.3 Å². The Hall–Kier alpha value is -3.36. The maximum Gasteiger partial charge on any atom is 0.319 e. The van der Waals surface area contributed by atoms with Crippen LogP contribution in [0.3, 0.4) is 0 Å². The number of pyridine rings is 1. The van der Waals surface area contributed by atoms with E-state index in [-0.39, 0.29) is 23.1 Å². The average Bonchev–Trinajstić information content (AvgIpc) is 3.50. The van der Waals surface area contributed by atoms with Crippen molar-refractivity contribution in [3.63, 3.8) is 0 Å². The van der Waals surface area contributed by atoms with Crippen LogP contribution in [0.15, 0.2) is 48.7 Å². The molecule has 2 aliphatic heterocycles. The summed E-state index contributed by atoms with van der Waals surface area (Å²) in [7, 11) is 1.98. The third kappa shape index (κ3) is 3.98. The molecule has 3 aliphatic rings. The minimum absolute atomic E-state index is 0.0603. The molecular weight excluding hydrogens is 479 g/mol. The first-order valence-electron chi connectivity index (χ1n) is 13.8. The van der Waals surface area contributed by atoms with Crippen LogP contribution in [-0.4, -0.2) is 64.2 Å². The van der Waals surface area contributed by atoms with Crippen molar-refractivity contribution in [2.75, 3.05) is 32.1 Å². The monoisotopic (exact) mass is 512 g/mol. The van der Waals surface area contributed by atoms with Crippen LogP contribution in [0.5, 0.6) is 6.01 Å². The Balaban J connectivity index is 1.29. The minimum atomic E-state index is -0.447. The van der Waals surface area contributed by atoms with Gasteiger partial charge in [0.25, 0.3) is 0 Å². The van der Waals surface area contributed by atoms with Crippen molar-refractivity contribution in [3.05, 3.63) is 54.5 Å². The fourth-order valence-corrected chi connectivity index (χ4v) is 6.66. The number of anilines is 1. The summed E-state index contributed by atoms with van der Waals surface area (Å²) in [4.78, 5) is 16.5. The van der Waals surface area contributed by atoms with Crippen LogP contribution in [0.1, 0.15) is 38.5 Å². The molecule has 0 bridgehead atoms. The number of nitrogens with zero attached hydrogens (tertiary/aromatic N) is 4. The lowest BCUT2D eigenvalue weighted by Crippen LogP contribution is -2.46. The van der Waals surface area contributed by atoms with Gasteiger partial charge in [-0.1, -0.05) is 42.5 Å². The van der Waals surface area contributed by atoms with Gasteiger partial charge in [-0.2, -0.15) is 9.97 Å². The highest BCUT2D eigenvalue weighted by Gasteiger charge is 2.45. The van der Waals surface area contributed by atoms with Gasteiger partial charge in [0.1, 0.15) is 23.6 Å². The van der Waals surface area contributed by atoms with E-state index in [1.165, 1.54) is 12.8 Å². The molecule has 0 radical (unpaired) electrons. The second-order valence-electron chi connectivity index (χ2n) is 11.1. The molecule has 1 saturated carbocycles. The first-order valence-corrected chi connectivity index (χ1v) is 13.8. The van der Waals surface area contributed by atoms with E-state index < -0.39 is 5.82 Å². The molecule has 2 aromatic heterocycles. The summed E-state index contributed by atoms with van der Waals surface area (Å²) in [5, 5.41) is 9.42. The van der Waals surface area contributed by atoms with Gasteiger partial charge in [0, 0.05) is 23.8 Å². The largest absolute Gasteiger partial charge is 0.461 e. The van der Waals surface area contributed by atoms with Gasteiger partial charge in [-0.05, 0) is 69.4 Å². The summed E-state index contributed by atoms with van der Waals surface area (Å²) in [6.45, 7) is 2.78. The Labute approximate surface area is 221 Å². The molecule has 196 valence electrons. The zero-order chi connectivity index (χ0) is 25.7. The van der Waals surface area contributed by atoms with E-state index in [9.17, 15) is 0 Å². The van der Waals surface area contributed by atoms with Crippen molar-refractivity contribution >= 4 is 27.5 Å². The van der Waals surface area contributed by atoms with Crippen LogP contribution in [0.2, 0.25) is 0 Å². The number of aromatic nitrogens is 3. The van der Waals surface area contributed by atoms with Gasteiger partial charge in [0.05, 0.1) is 10.9 Å². The Kier molecular flexibility index (Phi) is 5.89. The predicted molar refractivity (Wildman–Crippen MR) is 148 cm³/mol. The fraction of sp³-hybridized carbons (Fsp3) is 0.433. The van der Waals surface area contributed by atoms with E-state index in [1.807, 2.05) is 49.5 Å². The van der Waals surface area contributed by atoms with Crippen LogP contribution in [0, 0.1) is 5.82 Å². The lowest BCUT2D eigenvalue weighted by atomic mass is 9.87. The molecule has 8 heteroatoms. The first kappa shape index (κ1) is 23.7. The summed E-state index contributed by atoms with van der Waals surface area (Å²) < 4.78 is 22.6. The summed E-state index contributed by atoms with van der Waals surface area (Å²) in [6, 6.07) is 14.8. The molecule has 7 nitrogen and oxygen atoms in total. The molecule has 0 amide bonds. The number of ether oxygens (including phenoxy) is 1. The minimum Gasteiger partial charge on any atom is -0.461 e. The molecule has 0 unspecified atom stereocenters. The molecule has 7 rings (SSSR count). The molecule has 3 fully saturated rings. The van der Waals surface area contributed by atoms with Crippen molar-refractivity contribution in [2.24, 2.45) is 0 Å². The smallest absolute Gasteiger partial charge is 0.319 e. The summed E-state index contributed by atoms with van der Waals surface area (Å²) in [5.41, 5.74) is 1.35. The van der Waals surface area contributed by atoms with Crippen molar-refractivity contribution in [1.82, 2.24) is 25.2 Å². The van der Waals surface area contributed by atoms with Gasteiger partial charge in [-0.15, -0.1) is 0 Å². The number of nitrogens with one attached hydrogen (secondary N) is 2. The molecular formula is C30H33FN6O. The van der Waals surface area contributed by atoms with E-state index in [0.29, 0.717) is 29.5 Å². The quantitative estimate of drug-likeness (QED) is 0.355. The third-order valence-corrected chi connectivity index (χ3v) is 8.88. The molecule has 1 aliphatic carbocycles. The lowest BCUT2D eigenvalue weighted by Gasteiger charge is -2.36. The molecule has 4 heterocycles. The third-order valence-electron chi connectivity index (χ3n) is 8.88. The van der Waals surface area contributed by atoms with E-state index >= 15 is 4.39 Å². The highest BCUT2D eigenvalue weighted by atomic mass is 19.1.